The van der Waals surface area contributed by atoms with Gasteiger partial charge in [-0.15, -0.1) is 0 Å². The third-order valence-electron chi connectivity index (χ3n) is 3.57. The molecule has 7 heteroatoms. The van der Waals surface area contributed by atoms with Crippen LogP contribution in [0.4, 0.5) is 10.5 Å². The van der Waals surface area contributed by atoms with Crippen molar-refractivity contribution >= 4 is 45.5 Å². The second kappa shape index (κ2) is 6.90. The van der Waals surface area contributed by atoms with E-state index in [0.717, 1.165) is 4.90 Å². The summed E-state index contributed by atoms with van der Waals surface area (Å²) in [6.07, 6.45) is 1.43. The fourth-order valence-corrected chi connectivity index (χ4v) is 2.79. The Kier molecular flexibility index (Phi) is 4.67. The number of benzene rings is 2. The summed E-state index contributed by atoms with van der Waals surface area (Å²) in [5.74, 6) is -0.823. The molecule has 25 heavy (non-hydrogen) atoms. The lowest BCUT2D eigenvalue weighted by Crippen LogP contribution is -2.54. The summed E-state index contributed by atoms with van der Waals surface area (Å²) in [4.78, 5) is 37.9. The molecule has 0 unspecified atom stereocenters. The zero-order chi connectivity index (χ0) is 18.0. The molecule has 3 rings (SSSR count). The van der Waals surface area contributed by atoms with Gasteiger partial charge in [0.25, 0.3) is 11.8 Å². The number of carbonyl (C=O) groups is 3. The zero-order valence-corrected chi connectivity index (χ0v) is 14.7. The van der Waals surface area contributed by atoms with Gasteiger partial charge in [-0.05, 0) is 42.0 Å². The molecule has 126 valence electrons. The van der Waals surface area contributed by atoms with Gasteiger partial charge in [0, 0.05) is 4.47 Å². The van der Waals surface area contributed by atoms with E-state index in [1.165, 1.54) is 13.2 Å². The third kappa shape index (κ3) is 3.46. The van der Waals surface area contributed by atoms with Crippen molar-refractivity contribution < 1.29 is 19.1 Å². The molecule has 0 aromatic heterocycles. The molecule has 0 aliphatic carbocycles. The fraction of sp³-hybridized carbons (Fsp3) is 0.0556. The predicted molar refractivity (Wildman–Crippen MR) is 96.1 cm³/mol. The van der Waals surface area contributed by atoms with Crippen LogP contribution in [0, 0.1) is 0 Å². The minimum absolute atomic E-state index is 0.132. The lowest BCUT2D eigenvalue weighted by atomic mass is 10.1. The first kappa shape index (κ1) is 16.9. The summed E-state index contributed by atoms with van der Waals surface area (Å²) in [5, 5.41) is 2.19. The highest BCUT2D eigenvalue weighted by molar-refractivity contribution is 9.10. The number of hydrogen-bond donors (Lipinski definition) is 1. The summed E-state index contributed by atoms with van der Waals surface area (Å²) >= 11 is 3.30. The number of rotatable bonds is 3. The maximum Gasteiger partial charge on any atom is 0.335 e. The normalized spacial score (nSPS) is 16.2. The smallest absolute Gasteiger partial charge is 0.335 e. The van der Waals surface area contributed by atoms with E-state index < -0.39 is 17.8 Å². The number of amides is 4. The van der Waals surface area contributed by atoms with Gasteiger partial charge in [0.05, 0.1) is 12.8 Å². The third-order valence-corrected chi connectivity index (χ3v) is 4.07. The molecule has 2 aromatic rings. The fourth-order valence-electron chi connectivity index (χ4n) is 2.41. The molecule has 0 radical (unpaired) electrons. The van der Waals surface area contributed by atoms with Gasteiger partial charge >= 0.3 is 6.03 Å². The average molecular weight is 401 g/mol. The molecule has 1 aliphatic heterocycles. The summed E-state index contributed by atoms with van der Waals surface area (Å²) in [6, 6.07) is 12.8. The molecule has 1 N–H and O–H groups in total. The highest BCUT2D eigenvalue weighted by Gasteiger charge is 2.36. The van der Waals surface area contributed by atoms with Gasteiger partial charge in [-0.2, -0.15) is 0 Å². The number of nitrogens with one attached hydrogen (secondary N) is 1. The molecular formula is C18H13BrN2O4. The van der Waals surface area contributed by atoms with Crippen LogP contribution in [0.25, 0.3) is 6.08 Å². The highest BCUT2D eigenvalue weighted by Crippen LogP contribution is 2.25. The number of hydrogen-bond acceptors (Lipinski definition) is 4. The lowest BCUT2D eigenvalue weighted by Gasteiger charge is -2.26. The van der Waals surface area contributed by atoms with Crippen molar-refractivity contribution in [2.24, 2.45) is 0 Å². The van der Waals surface area contributed by atoms with Gasteiger partial charge in [-0.25, -0.2) is 9.69 Å². The Morgan fingerprint density at radius 2 is 1.84 bits per heavy atom. The number of urea groups is 1. The number of nitrogens with zero attached hydrogens (tertiary/aromatic N) is 1. The predicted octanol–water partition coefficient (Wildman–Crippen LogP) is 3.12. The van der Waals surface area contributed by atoms with Gasteiger partial charge < -0.3 is 4.74 Å². The van der Waals surface area contributed by atoms with Gasteiger partial charge in [0.2, 0.25) is 0 Å². The second-order valence-corrected chi connectivity index (χ2v) is 6.13. The van der Waals surface area contributed by atoms with Crippen LogP contribution in [0.3, 0.4) is 0 Å². The Morgan fingerprint density at radius 1 is 1.08 bits per heavy atom. The minimum Gasteiger partial charge on any atom is -0.497 e. The minimum atomic E-state index is -0.782. The van der Waals surface area contributed by atoms with Crippen LogP contribution in [0.1, 0.15) is 5.56 Å². The van der Waals surface area contributed by atoms with Crippen molar-refractivity contribution in [2.45, 2.75) is 0 Å². The topological polar surface area (TPSA) is 75.7 Å². The Hall–Kier alpha value is -2.93. The van der Waals surface area contributed by atoms with E-state index in [0.29, 0.717) is 21.5 Å². The van der Waals surface area contributed by atoms with Crippen LogP contribution in [-0.4, -0.2) is 25.0 Å². The van der Waals surface area contributed by atoms with E-state index >= 15 is 0 Å². The van der Waals surface area contributed by atoms with Gasteiger partial charge in [-0.3, -0.25) is 14.9 Å². The Balaban J connectivity index is 2.02. The van der Waals surface area contributed by atoms with E-state index in [9.17, 15) is 14.4 Å². The largest absolute Gasteiger partial charge is 0.497 e. The molecule has 2 aromatic carbocycles. The average Bonchev–Trinajstić information content (AvgIpc) is 2.59. The Morgan fingerprint density at radius 3 is 2.56 bits per heavy atom. The molecule has 0 spiro atoms. The van der Waals surface area contributed by atoms with Crippen molar-refractivity contribution in [3.8, 4) is 5.75 Å². The Labute approximate surface area is 152 Å². The van der Waals surface area contributed by atoms with Crippen molar-refractivity contribution in [1.82, 2.24) is 5.32 Å². The summed E-state index contributed by atoms with van der Waals surface area (Å²) in [7, 11) is 1.53. The molecular weight excluding hydrogens is 388 g/mol. The summed E-state index contributed by atoms with van der Waals surface area (Å²) < 4.78 is 5.84. The number of halogens is 1. The molecule has 0 bridgehead atoms. The number of imide groups is 2. The van der Waals surface area contributed by atoms with Crippen molar-refractivity contribution in [2.75, 3.05) is 12.0 Å². The molecule has 1 heterocycles. The second-order valence-electron chi connectivity index (χ2n) is 5.21. The van der Waals surface area contributed by atoms with Crippen molar-refractivity contribution in [1.29, 1.82) is 0 Å². The van der Waals surface area contributed by atoms with E-state index in [-0.39, 0.29) is 5.57 Å². The van der Waals surface area contributed by atoms with E-state index in [1.54, 1.807) is 48.5 Å². The standard InChI is InChI=1S/C18H13BrN2O4/c1-25-14-7-2-4-11(8-14)9-15-16(22)20-18(24)21(17(15)23)13-6-3-5-12(19)10-13/h2-10H,1H3,(H,20,22,24)/b15-9-. The number of barbiturate groups is 1. The molecule has 6 nitrogen and oxygen atoms in total. The highest BCUT2D eigenvalue weighted by atomic mass is 79.9. The monoisotopic (exact) mass is 400 g/mol. The first-order valence-corrected chi connectivity index (χ1v) is 8.10. The van der Waals surface area contributed by atoms with Gasteiger partial charge in [-0.1, -0.05) is 34.1 Å². The Bertz CT molecular complexity index is 907. The van der Waals surface area contributed by atoms with Crippen molar-refractivity contribution in [3.63, 3.8) is 0 Å². The first-order valence-electron chi connectivity index (χ1n) is 7.30. The van der Waals surface area contributed by atoms with E-state index in [1.807, 2.05) is 0 Å². The molecule has 1 saturated heterocycles. The molecule has 0 atom stereocenters. The quantitative estimate of drug-likeness (QED) is 0.634. The number of ether oxygens (including phenoxy) is 1. The SMILES string of the molecule is COc1cccc(/C=C2/C(=O)NC(=O)N(c3cccc(Br)c3)C2=O)c1. The van der Waals surface area contributed by atoms with Crippen LogP contribution in [0.2, 0.25) is 0 Å². The zero-order valence-electron chi connectivity index (χ0n) is 13.2. The van der Waals surface area contributed by atoms with Crippen LogP contribution in [0.15, 0.2) is 58.6 Å². The van der Waals surface area contributed by atoms with Crippen LogP contribution in [0.5, 0.6) is 5.75 Å². The molecule has 1 aliphatic rings. The first-order chi connectivity index (χ1) is 12.0. The van der Waals surface area contributed by atoms with Gasteiger partial charge in [0.1, 0.15) is 11.3 Å². The lowest BCUT2D eigenvalue weighted by molar-refractivity contribution is -0.122. The number of carbonyl (C=O) groups excluding carboxylic acids is 3. The molecule has 0 saturated carbocycles. The van der Waals surface area contributed by atoms with Crippen LogP contribution >= 0.6 is 15.9 Å². The van der Waals surface area contributed by atoms with E-state index in [4.69, 9.17) is 4.74 Å². The maximum atomic E-state index is 12.7. The van der Waals surface area contributed by atoms with Gasteiger partial charge in [0.15, 0.2) is 0 Å². The molecule has 1 fully saturated rings. The number of anilines is 1. The summed E-state index contributed by atoms with van der Waals surface area (Å²) in [6.45, 7) is 0. The summed E-state index contributed by atoms with van der Waals surface area (Å²) in [5.41, 5.74) is 0.843. The number of methoxy groups -OCH3 is 1. The van der Waals surface area contributed by atoms with Crippen LogP contribution < -0.4 is 15.0 Å². The maximum absolute atomic E-state index is 12.7. The van der Waals surface area contributed by atoms with Crippen molar-refractivity contribution in [3.05, 3.63) is 64.1 Å². The molecule has 4 amide bonds. The van der Waals surface area contributed by atoms with Crippen LogP contribution in [-0.2, 0) is 9.59 Å². The van der Waals surface area contributed by atoms with E-state index in [2.05, 4.69) is 21.2 Å².